The van der Waals surface area contributed by atoms with Crippen LogP contribution in [0.5, 0.6) is 0 Å². The van der Waals surface area contributed by atoms with Gasteiger partial charge in [0.1, 0.15) is 4.92 Å². The Bertz CT molecular complexity index is 859. The number of hydrogen-bond donors (Lipinski definition) is 1. The van der Waals surface area contributed by atoms with E-state index in [0.717, 1.165) is 4.88 Å². The lowest BCUT2D eigenvalue weighted by Gasteiger charge is -1.96. The largest absolute Gasteiger partial charge is 0.433 e. The molecule has 10 heteroatoms. The maximum absolute atomic E-state index is 10.5. The van der Waals surface area contributed by atoms with Gasteiger partial charge in [-0.1, -0.05) is 6.07 Å². The van der Waals surface area contributed by atoms with Crippen molar-refractivity contribution < 1.29 is 9.34 Å². The van der Waals surface area contributed by atoms with Crippen LogP contribution in [0.4, 0.5) is 5.88 Å². The van der Waals surface area contributed by atoms with Gasteiger partial charge >= 0.3 is 5.88 Å². The Kier molecular flexibility index (Phi) is 3.46. The van der Waals surface area contributed by atoms with E-state index in [0.29, 0.717) is 10.6 Å². The molecule has 0 aliphatic carbocycles. The summed E-state index contributed by atoms with van der Waals surface area (Å²) in [6.45, 7) is 0. The molecule has 0 fully saturated rings. The van der Waals surface area contributed by atoms with Crippen molar-refractivity contribution in [3.8, 4) is 10.7 Å². The molecule has 0 aliphatic heterocycles. The van der Waals surface area contributed by atoms with Crippen molar-refractivity contribution in [3.63, 3.8) is 0 Å². The van der Waals surface area contributed by atoms with Crippen molar-refractivity contribution >= 4 is 35.7 Å². The second-order valence-corrected chi connectivity index (χ2v) is 5.15. The highest BCUT2D eigenvalue weighted by Crippen LogP contribution is 2.22. The Balaban J connectivity index is 1.94. The molecule has 21 heavy (non-hydrogen) atoms. The van der Waals surface area contributed by atoms with Crippen LogP contribution in [0, 0.1) is 14.9 Å². The molecular formula is C11H7N5O3S2. The summed E-state index contributed by atoms with van der Waals surface area (Å²) < 4.78 is 6.73. The summed E-state index contributed by atoms with van der Waals surface area (Å²) in [5.41, 5.74) is 0. The first-order valence-electron chi connectivity index (χ1n) is 5.65. The Morgan fingerprint density at radius 2 is 2.38 bits per heavy atom. The minimum absolute atomic E-state index is 0.252. The van der Waals surface area contributed by atoms with Crippen LogP contribution in [-0.2, 0) is 0 Å². The Labute approximate surface area is 126 Å². The number of hydrogen-bond acceptors (Lipinski definition) is 7. The van der Waals surface area contributed by atoms with Gasteiger partial charge in [-0.3, -0.25) is 10.1 Å². The SMILES string of the molecule is O=[N+]([O-])c1ccc(C=Nn2c(-c3cccs3)n[nH]c2=S)o1. The first-order valence-corrected chi connectivity index (χ1v) is 6.94. The highest BCUT2D eigenvalue weighted by atomic mass is 32.1. The topological polar surface area (TPSA) is 102 Å². The standard InChI is InChI=1S/C11H7N5O3S2/c17-16(18)9-4-3-7(19-9)6-12-15-10(13-14-11(15)20)8-2-1-5-21-8/h1-6H,(H,14,20). The maximum atomic E-state index is 10.5. The normalized spacial score (nSPS) is 11.2. The molecular weight excluding hydrogens is 314 g/mol. The second kappa shape index (κ2) is 5.42. The van der Waals surface area contributed by atoms with Gasteiger partial charge < -0.3 is 4.42 Å². The molecule has 0 radical (unpaired) electrons. The van der Waals surface area contributed by atoms with E-state index in [4.69, 9.17) is 16.6 Å². The molecule has 0 aromatic carbocycles. The van der Waals surface area contributed by atoms with E-state index in [1.54, 1.807) is 0 Å². The number of furan rings is 1. The van der Waals surface area contributed by atoms with Gasteiger partial charge in [-0.2, -0.15) is 14.9 Å². The van der Waals surface area contributed by atoms with Crippen molar-refractivity contribution in [2.45, 2.75) is 0 Å². The summed E-state index contributed by atoms with van der Waals surface area (Å²) in [5, 5.41) is 23.4. The van der Waals surface area contributed by atoms with E-state index < -0.39 is 4.92 Å². The van der Waals surface area contributed by atoms with Crippen molar-refractivity contribution in [1.82, 2.24) is 14.9 Å². The zero-order valence-electron chi connectivity index (χ0n) is 10.3. The number of nitro groups is 1. The number of nitrogens with one attached hydrogen (secondary N) is 1. The van der Waals surface area contributed by atoms with E-state index in [2.05, 4.69) is 15.3 Å². The van der Waals surface area contributed by atoms with Gasteiger partial charge in [-0.15, -0.1) is 11.3 Å². The molecule has 0 unspecified atom stereocenters. The predicted octanol–water partition coefficient (Wildman–Crippen LogP) is 3.05. The van der Waals surface area contributed by atoms with Gasteiger partial charge in [-0.05, 0) is 29.7 Å². The maximum Gasteiger partial charge on any atom is 0.433 e. The molecule has 8 nitrogen and oxygen atoms in total. The average molecular weight is 321 g/mol. The Hall–Kier alpha value is -2.59. The number of nitrogens with zero attached hydrogens (tertiary/aromatic N) is 4. The summed E-state index contributed by atoms with van der Waals surface area (Å²) >= 11 is 6.60. The number of H-pyrrole nitrogens is 1. The van der Waals surface area contributed by atoms with E-state index in [-0.39, 0.29) is 11.6 Å². The van der Waals surface area contributed by atoms with Crippen molar-refractivity contribution in [3.05, 3.63) is 50.3 Å². The molecule has 0 atom stereocenters. The smallest absolute Gasteiger partial charge is 0.400 e. The molecule has 106 valence electrons. The molecule has 3 aromatic rings. The van der Waals surface area contributed by atoms with Crippen LogP contribution in [0.1, 0.15) is 5.76 Å². The number of aromatic amines is 1. The fourth-order valence-corrected chi connectivity index (χ4v) is 2.47. The van der Waals surface area contributed by atoms with Gasteiger partial charge in [-0.25, -0.2) is 5.10 Å². The number of aromatic nitrogens is 3. The fraction of sp³-hybridized carbons (Fsp3) is 0. The summed E-state index contributed by atoms with van der Waals surface area (Å²) in [5.74, 6) is 0.472. The molecule has 3 rings (SSSR count). The van der Waals surface area contributed by atoms with Gasteiger partial charge in [0, 0.05) is 0 Å². The summed E-state index contributed by atoms with van der Waals surface area (Å²) in [6, 6.07) is 6.49. The molecule has 3 aromatic heterocycles. The summed E-state index contributed by atoms with van der Waals surface area (Å²) in [7, 11) is 0. The third kappa shape index (κ3) is 2.66. The molecule has 0 aliphatic rings. The zero-order chi connectivity index (χ0) is 14.8. The lowest BCUT2D eigenvalue weighted by atomic mass is 10.4. The van der Waals surface area contributed by atoms with Crippen LogP contribution in [0.15, 0.2) is 39.2 Å². The second-order valence-electron chi connectivity index (χ2n) is 3.82. The molecule has 3 heterocycles. The van der Waals surface area contributed by atoms with Gasteiger partial charge in [0.2, 0.25) is 4.77 Å². The van der Waals surface area contributed by atoms with Crippen molar-refractivity contribution in [1.29, 1.82) is 0 Å². The van der Waals surface area contributed by atoms with Crippen LogP contribution in [0.25, 0.3) is 10.7 Å². The van der Waals surface area contributed by atoms with Gasteiger partial charge in [0.05, 0.1) is 17.2 Å². The van der Waals surface area contributed by atoms with Crippen LogP contribution in [0.3, 0.4) is 0 Å². The Morgan fingerprint density at radius 1 is 1.52 bits per heavy atom. The zero-order valence-corrected chi connectivity index (χ0v) is 11.9. The average Bonchev–Trinajstić information content (AvgIpc) is 3.17. The minimum Gasteiger partial charge on any atom is -0.400 e. The van der Waals surface area contributed by atoms with Crippen LogP contribution >= 0.6 is 23.6 Å². The lowest BCUT2D eigenvalue weighted by molar-refractivity contribution is -0.402. The third-order valence-corrected chi connectivity index (χ3v) is 3.62. The third-order valence-electron chi connectivity index (χ3n) is 2.48. The quantitative estimate of drug-likeness (QED) is 0.344. The van der Waals surface area contributed by atoms with Crippen LogP contribution in [-0.4, -0.2) is 26.0 Å². The van der Waals surface area contributed by atoms with E-state index in [1.807, 2.05) is 17.5 Å². The predicted molar refractivity (Wildman–Crippen MR) is 79.1 cm³/mol. The summed E-state index contributed by atoms with van der Waals surface area (Å²) in [6.07, 6.45) is 1.34. The molecule has 1 N–H and O–H groups in total. The monoisotopic (exact) mass is 321 g/mol. The van der Waals surface area contributed by atoms with E-state index in [9.17, 15) is 10.1 Å². The molecule has 0 saturated carbocycles. The van der Waals surface area contributed by atoms with E-state index >= 15 is 0 Å². The lowest BCUT2D eigenvalue weighted by Crippen LogP contribution is -1.93. The Morgan fingerprint density at radius 3 is 3.05 bits per heavy atom. The van der Waals surface area contributed by atoms with Gasteiger partial charge in [0.15, 0.2) is 11.6 Å². The summed E-state index contributed by atoms with van der Waals surface area (Å²) in [4.78, 5) is 10.8. The highest BCUT2D eigenvalue weighted by Gasteiger charge is 2.11. The molecule has 0 bridgehead atoms. The van der Waals surface area contributed by atoms with E-state index in [1.165, 1.54) is 34.4 Å². The molecule has 0 saturated heterocycles. The minimum atomic E-state index is -0.613. The fourth-order valence-electron chi connectivity index (χ4n) is 1.59. The first-order chi connectivity index (χ1) is 10.1. The van der Waals surface area contributed by atoms with Crippen molar-refractivity contribution in [2.75, 3.05) is 0 Å². The molecule has 0 spiro atoms. The number of thiophene rings is 1. The number of rotatable bonds is 4. The highest BCUT2D eigenvalue weighted by molar-refractivity contribution is 7.71. The van der Waals surface area contributed by atoms with Gasteiger partial charge in [0.25, 0.3) is 0 Å². The first kappa shape index (κ1) is 13.4. The van der Waals surface area contributed by atoms with Crippen LogP contribution < -0.4 is 0 Å². The molecule has 0 amide bonds. The van der Waals surface area contributed by atoms with Crippen molar-refractivity contribution in [2.24, 2.45) is 5.10 Å². The van der Waals surface area contributed by atoms with Crippen LogP contribution in [0.2, 0.25) is 0 Å².